The van der Waals surface area contributed by atoms with Gasteiger partial charge in [-0.15, -0.1) is 0 Å². The van der Waals surface area contributed by atoms with E-state index in [1.807, 2.05) is 0 Å². The van der Waals surface area contributed by atoms with Crippen LogP contribution in [0.1, 0.15) is 57.0 Å². The molecule has 3 heteroatoms. The molecule has 1 fully saturated rings. The van der Waals surface area contributed by atoms with Gasteiger partial charge in [-0.2, -0.15) is 5.10 Å². The highest BCUT2D eigenvalue weighted by Crippen LogP contribution is 2.37. The summed E-state index contributed by atoms with van der Waals surface area (Å²) in [4.78, 5) is 0. The fourth-order valence-electron chi connectivity index (χ4n) is 2.59. The van der Waals surface area contributed by atoms with E-state index >= 15 is 0 Å². The molecule has 0 saturated heterocycles. The first-order valence-corrected chi connectivity index (χ1v) is 7.02. The molecule has 0 amide bonds. The van der Waals surface area contributed by atoms with Crippen LogP contribution in [0.15, 0.2) is 6.07 Å². The van der Waals surface area contributed by atoms with Crippen molar-refractivity contribution in [3.63, 3.8) is 0 Å². The van der Waals surface area contributed by atoms with Crippen molar-refractivity contribution in [3.8, 4) is 0 Å². The van der Waals surface area contributed by atoms with Gasteiger partial charge in [0.25, 0.3) is 0 Å². The molecule has 0 aliphatic heterocycles. The molecule has 1 aliphatic carbocycles. The number of rotatable bonds is 6. The topological polar surface area (TPSA) is 29.9 Å². The van der Waals surface area contributed by atoms with Crippen molar-refractivity contribution in [2.75, 3.05) is 6.54 Å². The summed E-state index contributed by atoms with van der Waals surface area (Å²) >= 11 is 0. The van der Waals surface area contributed by atoms with Gasteiger partial charge in [0.1, 0.15) is 0 Å². The quantitative estimate of drug-likeness (QED) is 0.821. The molecule has 1 N–H and O–H groups in total. The Labute approximate surface area is 105 Å². The van der Waals surface area contributed by atoms with E-state index in [0.29, 0.717) is 6.04 Å². The van der Waals surface area contributed by atoms with E-state index in [2.05, 4.69) is 42.1 Å². The van der Waals surface area contributed by atoms with Crippen LogP contribution in [-0.4, -0.2) is 16.3 Å². The average Bonchev–Trinajstić information content (AvgIpc) is 2.63. The van der Waals surface area contributed by atoms with Crippen LogP contribution >= 0.6 is 0 Å². The van der Waals surface area contributed by atoms with Gasteiger partial charge in [0, 0.05) is 7.05 Å². The van der Waals surface area contributed by atoms with Gasteiger partial charge < -0.3 is 5.32 Å². The lowest BCUT2D eigenvalue weighted by Crippen LogP contribution is -2.34. The predicted octanol–water partition coefficient (Wildman–Crippen LogP) is 2.82. The molecule has 1 aromatic heterocycles. The van der Waals surface area contributed by atoms with E-state index in [9.17, 15) is 0 Å². The van der Waals surface area contributed by atoms with Crippen LogP contribution in [0, 0.1) is 5.92 Å². The van der Waals surface area contributed by atoms with Gasteiger partial charge in [-0.1, -0.05) is 20.3 Å². The van der Waals surface area contributed by atoms with Crippen LogP contribution in [0.25, 0.3) is 0 Å². The summed E-state index contributed by atoms with van der Waals surface area (Å²) in [5.74, 6) is 0.821. The second-order valence-corrected chi connectivity index (χ2v) is 5.16. The first-order chi connectivity index (χ1) is 8.26. The maximum atomic E-state index is 4.58. The van der Waals surface area contributed by atoms with Gasteiger partial charge in [-0.25, -0.2) is 0 Å². The van der Waals surface area contributed by atoms with E-state index in [1.165, 1.54) is 37.1 Å². The Balaban J connectivity index is 2.14. The zero-order chi connectivity index (χ0) is 12.3. The average molecular weight is 235 g/mol. The van der Waals surface area contributed by atoms with E-state index in [1.54, 1.807) is 0 Å². The number of nitrogens with one attached hydrogen (secondary N) is 1. The SMILES string of the molecule is CCCNC(c1cc(CC)nn1C)C1CCC1. The van der Waals surface area contributed by atoms with Crippen molar-refractivity contribution in [1.29, 1.82) is 0 Å². The minimum absolute atomic E-state index is 0.515. The molecule has 96 valence electrons. The standard InChI is InChI=1S/C14H25N3/c1-4-9-15-14(11-7-6-8-11)13-10-12(5-2)16-17(13)3/h10-11,14-15H,4-9H2,1-3H3. The Morgan fingerprint density at radius 3 is 2.71 bits per heavy atom. The zero-order valence-corrected chi connectivity index (χ0v) is 11.4. The van der Waals surface area contributed by atoms with E-state index in [4.69, 9.17) is 0 Å². The van der Waals surface area contributed by atoms with Gasteiger partial charge in [0.05, 0.1) is 17.4 Å². The highest BCUT2D eigenvalue weighted by Gasteiger charge is 2.30. The Kier molecular flexibility index (Phi) is 4.21. The van der Waals surface area contributed by atoms with Crippen LogP contribution in [0.5, 0.6) is 0 Å². The van der Waals surface area contributed by atoms with Gasteiger partial charge in [0.15, 0.2) is 0 Å². The third-order valence-corrected chi connectivity index (χ3v) is 3.88. The predicted molar refractivity (Wildman–Crippen MR) is 71.0 cm³/mol. The first kappa shape index (κ1) is 12.6. The third kappa shape index (κ3) is 2.71. The van der Waals surface area contributed by atoms with Gasteiger partial charge in [0.2, 0.25) is 0 Å². The molecule has 1 aromatic rings. The van der Waals surface area contributed by atoms with Crippen LogP contribution < -0.4 is 5.32 Å². The summed E-state index contributed by atoms with van der Waals surface area (Å²) in [7, 11) is 2.08. The minimum atomic E-state index is 0.515. The summed E-state index contributed by atoms with van der Waals surface area (Å²) < 4.78 is 2.07. The van der Waals surface area contributed by atoms with Crippen LogP contribution in [0.3, 0.4) is 0 Å². The molecule has 0 bridgehead atoms. The van der Waals surface area contributed by atoms with Crippen LogP contribution in [0.4, 0.5) is 0 Å². The monoisotopic (exact) mass is 235 g/mol. The first-order valence-electron chi connectivity index (χ1n) is 7.02. The summed E-state index contributed by atoms with van der Waals surface area (Å²) in [5, 5.41) is 8.28. The summed E-state index contributed by atoms with van der Waals surface area (Å²) in [6.45, 7) is 5.50. The van der Waals surface area contributed by atoms with Crippen molar-refractivity contribution < 1.29 is 0 Å². The molecule has 2 rings (SSSR count). The number of nitrogens with zero attached hydrogens (tertiary/aromatic N) is 2. The number of aromatic nitrogens is 2. The fourth-order valence-corrected chi connectivity index (χ4v) is 2.59. The van der Waals surface area contributed by atoms with Crippen LogP contribution in [-0.2, 0) is 13.5 Å². The van der Waals surface area contributed by atoms with Gasteiger partial charge in [-0.3, -0.25) is 4.68 Å². The van der Waals surface area contributed by atoms with E-state index < -0.39 is 0 Å². The molecule has 1 aliphatic rings. The second-order valence-electron chi connectivity index (χ2n) is 5.16. The molecule has 1 heterocycles. The molecule has 3 nitrogen and oxygen atoms in total. The van der Waals surface area contributed by atoms with Gasteiger partial charge in [-0.05, 0) is 44.2 Å². The Bertz CT molecular complexity index is 352. The molecule has 1 saturated carbocycles. The summed E-state index contributed by atoms with van der Waals surface area (Å²) in [5.41, 5.74) is 2.59. The van der Waals surface area contributed by atoms with Crippen molar-refractivity contribution in [3.05, 3.63) is 17.5 Å². The lowest BCUT2D eigenvalue weighted by molar-refractivity contribution is 0.223. The van der Waals surface area contributed by atoms with Crippen molar-refractivity contribution in [2.24, 2.45) is 13.0 Å². The van der Waals surface area contributed by atoms with Crippen molar-refractivity contribution >= 4 is 0 Å². The number of aryl methyl sites for hydroxylation is 2. The number of hydrogen-bond donors (Lipinski definition) is 1. The molecule has 0 spiro atoms. The van der Waals surface area contributed by atoms with Crippen molar-refractivity contribution in [2.45, 2.75) is 52.0 Å². The molecular formula is C14H25N3. The normalized spacial score (nSPS) is 18.1. The summed E-state index contributed by atoms with van der Waals surface area (Å²) in [6, 6.07) is 2.80. The fraction of sp³-hybridized carbons (Fsp3) is 0.786. The molecule has 0 aromatic carbocycles. The lowest BCUT2D eigenvalue weighted by Gasteiger charge is -2.34. The van der Waals surface area contributed by atoms with Crippen LogP contribution in [0.2, 0.25) is 0 Å². The Hall–Kier alpha value is -0.830. The largest absolute Gasteiger partial charge is 0.308 e. The summed E-state index contributed by atoms with van der Waals surface area (Å²) in [6.07, 6.45) is 6.36. The van der Waals surface area contributed by atoms with Crippen molar-refractivity contribution in [1.82, 2.24) is 15.1 Å². The Morgan fingerprint density at radius 1 is 1.47 bits per heavy atom. The highest BCUT2D eigenvalue weighted by molar-refractivity contribution is 5.16. The maximum absolute atomic E-state index is 4.58. The second kappa shape index (κ2) is 5.67. The molecule has 17 heavy (non-hydrogen) atoms. The maximum Gasteiger partial charge on any atom is 0.0625 e. The third-order valence-electron chi connectivity index (χ3n) is 3.88. The zero-order valence-electron chi connectivity index (χ0n) is 11.4. The minimum Gasteiger partial charge on any atom is -0.308 e. The molecule has 0 radical (unpaired) electrons. The number of hydrogen-bond acceptors (Lipinski definition) is 2. The van der Waals surface area contributed by atoms with E-state index in [0.717, 1.165) is 18.9 Å². The molecule has 1 unspecified atom stereocenters. The lowest BCUT2D eigenvalue weighted by atomic mass is 9.78. The van der Waals surface area contributed by atoms with Gasteiger partial charge >= 0.3 is 0 Å². The molecule has 1 atom stereocenters. The smallest absolute Gasteiger partial charge is 0.0625 e. The molecular weight excluding hydrogens is 210 g/mol. The van der Waals surface area contributed by atoms with E-state index in [-0.39, 0.29) is 0 Å². The Morgan fingerprint density at radius 2 is 2.24 bits per heavy atom. The highest BCUT2D eigenvalue weighted by atomic mass is 15.3.